The van der Waals surface area contributed by atoms with Gasteiger partial charge in [-0.15, -0.1) is 0 Å². The maximum atomic E-state index is 11.9. The molecule has 1 fully saturated rings. The highest BCUT2D eigenvalue weighted by molar-refractivity contribution is 5.93. The van der Waals surface area contributed by atoms with Gasteiger partial charge in [0.2, 0.25) is 0 Å². The Bertz CT molecular complexity index is 332. The van der Waals surface area contributed by atoms with E-state index in [9.17, 15) is 4.79 Å². The van der Waals surface area contributed by atoms with Gasteiger partial charge in [0.1, 0.15) is 6.26 Å². The summed E-state index contributed by atoms with van der Waals surface area (Å²) in [4.78, 5) is 13.7. The van der Waals surface area contributed by atoms with Crippen molar-refractivity contribution in [2.75, 3.05) is 13.1 Å². The van der Waals surface area contributed by atoms with E-state index >= 15 is 0 Å². The summed E-state index contributed by atoms with van der Waals surface area (Å²) in [5, 5.41) is 0. The predicted molar refractivity (Wildman–Crippen MR) is 56.4 cm³/mol. The van der Waals surface area contributed by atoms with Gasteiger partial charge < -0.3 is 15.1 Å². The minimum atomic E-state index is 0.0481. The number of amides is 1. The molecule has 2 unspecified atom stereocenters. The van der Waals surface area contributed by atoms with Crippen LogP contribution < -0.4 is 5.73 Å². The van der Waals surface area contributed by atoms with Gasteiger partial charge in [-0.3, -0.25) is 4.79 Å². The fourth-order valence-corrected chi connectivity index (χ4v) is 1.97. The van der Waals surface area contributed by atoms with E-state index in [1.54, 1.807) is 6.07 Å². The summed E-state index contributed by atoms with van der Waals surface area (Å²) in [6, 6.07) is 1.86. The number of likely N-dealkylation sites (tertiary alicyclic amines) is 1. The number of nitrogens with two attached hydrogens (primary N) is 1. The topological polar surface area (TPSA) is 59.5 Å². The molecule has 2 rings (SSSR count). The van der Waals surface area contributed by atoms with Gasteiger partial charge in [0, 0.05) is 19.1 Å². The molecule has 0 aromatic carbocycles. The molecule has 1 aromatic heterocycles. The van der Waals surface area contributed by atoms with E-state index in [1.165, 1.54) is 12.5 Å². The SMILES string of the molecule is CC(N)C1CCN(C(=O)c2ccoc2)C1. The van der Waals surface area contributed by atoms with E-state index in [4.69, 9.17) is 10.2 Å². The molecule has 4 nitrogen and oxygen atoms in total. The fraction of sp³-hybridized carbons (Fsp3) is 0.545. The smallest absolute Gasteiger partial charge is 0.257 e. The second-order valence-electron chi connectivity index (χ2n) is 4.17. The van der Waals surface area contributed by atoms with Crippen LogP contribution in [0.15, 0.2) is 23.0 Å². The van der Waals surface area contributed by atoms with Gasteiger partial charge in [0.05, 0.1) is 11.8 Å². The molecular weight excluding hydrogens is 192 g/mol. The highest BCUT2D eigenvalue weighted by atomic mass is 16.3. The van der Waals surface area contributed by atoms with Gasteiger partial charge in [-0.2, -0.15) is 0 Å². The number of furan rings is 1. The zero-order chi connectivity index (χ0) is 10.8. The molecule has 0 radical (unpaired) electrons. The molecule has 82 valence electrons. The first-order chi connectivity index (χ1) is 7.18. The van der Waals surface area contributed by atoms with E-state index in [0.29, 0.717) is 11.5 Å². The van der Waals surface area contributed by atoms with Crippen LogP contribution in [0.2, 0.25) is 0 Å². The lowest BCUT2D eigenvalue weighted by Gasteiger charge is -2.17. The molecule has 1 aromatic rings. The first kappa shape index (κ1) is 10.2. The Labute approximate surface area is 89.0 Å². The largest absolute Gasteiger partial charge is 0.472 e. The maximum Gasteiger partial charge on any atom is 0.257 e. The monoisotopic (exact) mass is 208 g/mol. The van der Waals surface area contributed by atoms with E-state index in [-0.39, 0.29) is 11.9 Å². The lowest BCUT2D eigenvalue weighted by Crippen LogP contribution is -2.32. The Balaban J connectivity index is 1.99. The third kappa shape index (κ3) is 2.04. The zero-order valence-electron chi connectivity index (χ0n) is 8.85. The number of rotatable bonds is 2. The third-order valence-electron chi connectivity index (χ3n) is 3.02. The zero-order valence-corrected chi connectivity index (χ0v) is 8.85. The molecule has 2 N–H and O–H groups in total. The Hall–Kier alpha value is -1.29. The molecule has 1 saturated heterocycles. The maximum absolute atomic E-state index is 11.9. The molecule has 1 aliphatic rings. The number of hydrogen-bond acceptors (Lipinski definition) is 3. The normalized spacial score (nSPS) is 23.1. The van der Waals surface area contributed by atoms with Crippen LogP contribution in [0.25, 0.3) is 0 Å². The first-order valence-electron chi connectivity index (χ1n) is 5.25. The highest BCUT2D eigenvalue weighted by Crippen LogP contribution is 2.20. The number of hydrogen-bond donors (Lipinski definition) is 1. The summed E-state index contributed by atoms with van der Waals surface area (Å²) >= 11 is 0. The van der Waals surface area contributed by atoms with Crippen LogP contribution >= 0.6 is 0 Å². The molecular formula is C11H16N2O2. The molecule has 1 aliphatic heterocycles. The van der Waals surface area contributed by atoms with Crippen LogP contribution in [-0.2, 0) is 0 Å². The van der Waals surface area contributed by atoms with Gasteiger partial charge in [-0.05, 0) is 25.3 Å². The van der Waals surface area contributed by atoms with Crippen molar-refractivity contribution < 1.29 is 9.21 Å². The summed E-state index contributed by atoms with van der Waals surface area (Å²) in [6.45, 7) is 3.56. The molecule has 0 bridgehead atoms. The van der Waals surface area contributed by atoms with Gasteiger partial charge in [-0.25, -0.2) is 0 Å². The van der Waals surface area contributed by atoms with Gasteiger partial charge >= 0.3 is 0 Å². The molecule has 0 saturated carbocycles. The van der Waals surface area contributed by atoms with Crippen molar-refractivity contribution in [3.63, 3.8) is 0 Å². The minimum Gasteiger partial charge on any atom is -0.472 e. The Morgan fingerprint density at radius 1 is 1.73 bits per heavy atom. The van der Waals surface area contributed by atoms with Gasteiger partial charge in [0.25, 0.3) is 5.91 Å². The van der Waals surface area contributed by atoms with Crippen LogP contribution in [0, 0.1) is 5.92 Å². The van der Waals surface area contributed by atoms with Crippen LogP contribution in [-0.4, -0.2) is 29.9 Å². The van der Waals surface area contributed by atoms with Crippen molar-refractivity contribution >= 4 is 5.91 Å². The Morgan fingerprint density at radius 3 is 3.07 bits per heavy atom. The third-order valence-corrected chi connectivity index (χ3v) is 3.02. The van der Waals surface area contributed by atoms with Crippen molar-refractivity contribution in [2.45, 2.75) is 19.4 Å². The molecule has 4 heteroatoms. The van der Waals surface area contributed by atoms with Gasteiger partial charge in [-0.1, -0.05) is 0 Å². The number of nitrogens with zero attached hydrogens (tertiary/aromatic N) is 1. The summed E-state index contributed by atoms with van der Waals surface area (Å²) in [7, 11) is 0. The van der Waals surface area contributed by atoms with Crippen molar-refractivity contribution in [3.05, 3.63) is 24.2 Å². The van der Waals surface area contributed by atoms with E-state index in [1.807, 2.05) is 11.8 Å². The van der Waals surface area contributed by atoms with Crippen LogP contribution in [0.4, 0.5) is 0 Å². The summed E-state index contributed by atoms with van der Waals surface area (Å²) in [5.41, 5.74) is 6.45. The van der Waals surface area contributed by atoms with Crippen molar-refractivity contribution in [2.24, 2.45) is 11.7 Å². The summed E-state index contributed by atoms with van der Waals surface area (Å²) in [5.74, 6) is 0.479. The molecule has 0 aliphatic carbocycles. The molecule has 2 heterocycles. The minimum absolute atomic E-state index is 0.0481. The Kier molecular flexibility index (Phi) is 2.77. The lowest BCUT2D eigenvalue weighted by atomic mass is 10.0. The van der Waals surface area contributed by atoms with Crippen molar-refractivity contribution in [1.29, 1.82) is 0 Å². The number of carbonyl (C=O) groups is 1. The number of carbonyl (C=O) groups excluding carboxylic acids is 1. The quantitative estimate of drug-likeness (QED) is 0.791. The van der Waals surface area contributed by atoms with E-state index < -0.39 is 0 Å². The predicted octanol–water partition coefficient (Wildman–Crippen LogP) is 1.09. The standard InChI is InChI=1S/C11H16N2O2/c1-8(12)9-2-4-13(6-9)11(14)10-3-5-15-7-10/h3,5,7-9H,2,4,6,12H2,1H3. The average Bonchev–Trinajstić information content (AvgIpc) is 2.88. The van der Waals surface area contributed by atoms with E-state index in [2.05, 4.69) is 0 Å². The summed E-state index contributed by atoms with van der Waals surface area (Å²) in [6.07, 6.45) is 4.01. The Morgan fingerprint density at radius 2 is 2.53 bits per heavy atom. The average molecular weight is 208 g/mol. The second kappa shape index (κ2) is 4.06. The highest BCUT2D eigenvalue weighted by Gasteiger charge is 2.29. The lowest BCUT2D eigenvalue weighted by molar-refractivity contribution is 0.0785. The van der Waals surface area contributed by atoms with Crippen molar-refractivity contribution in [1.82, 2.24) is 4.90 Å². The van der Waals surface area contributed by atoms with Crippen LogP contribution in [0.5, 0.6) is 0 Å². The van der Waals surface area contributed by atoms with Gasteiger partial charge in [0.15, 0.2) is 0 Å². The fourth-order valence-electron chi connectivity index (χ4n) is 1.97. The second-order valence-corrected chi connectivity index (χ2v) is 4.17. The van der Waals surface area contributed by atoms with Crippen LogP contribution in [0.3, 0.4) is 0 Å². The molecule has 0 spiro atoms. The van der Waals surface area contributed by atoms with E-state index in [0.717, 1.165) is 19.5 Å². The first-order valence-corrected chi connectivity index (χ1v) is 5.25. The van der Waals surface area contributed by atoms with Crippen molar-refractivity contribution in [3.8, 4) is 0 Å². The molecule has 15 heavy (non-hydrogen) atoms. The molecule has 1 amide bonds. The van der Waals surface area contributed by atoms with Crippen LogP contribution in [0.1, 0.15) is 23.7 Å². The molecule has 2 atom stereocenters. The summed E-state index contributed by atoms with van der Waals surface area (Å²) < 4.78 is 4.90.